The lowest BCUT2D eigenvalue weighted by Gasteiger charge is -2.52. The Morgan fingerprint density at radius 3 is 2.29 bits per heavy atom. The van der Waals surface area contributed by atoms with Crippen molar-refractivity contribution in [2.45, 2.75) is 25.9 Å². The molecule has 2 N–H and O–H groups in total. The molecule has 0 spiro atoms. The van der Waals surface area contributed by atoms with Gasteiger partial charge in [-0.1, -0.05) is 0 Å². The van der Waals surface area contributed by atoms with E-state index in [-0.39, 0.29) is 0 Å². The van der Waals surface area contributed by atoms with Crippen LogP contribution in [0, 0.1) is 5.21 Å². The molecule has 5 nitrogen and oxygen atoms in total. The lowest BCUT2D eigenvalue weighted by atomic mass is 10.1. The van der Waals surface area contributed by atoms with E-state index in [4.69, 9.17) is 9.84 Å². The third kappa shape index (κ3) is 1.94. The summed E-state index contributed by atoms with van der Waals surface area (Å²) in [7, 11) is 0. The van der Waals surface area contributed by atoms with Crippen molar-refractivity contribution in [2.75, 3.05) is 0 Å². The maximum atomic E-state index is 12.3. The van der Waals surface area contributed by atoms with Gasteiger partial charge in [0.05, 0.1) is 6.08 Å². The van der Waals surface area contributed by atoms with E-state index in [1.54, 1.807) is 24.3 Å². The summed E-state index contributed by atoms with van der Waals surface area (Å²) in [6.45, 7) is 2.96. The predicted octanol–water partition coefficient (Wildman–Crippen LogP) is 1.44. The Morgan fingerprint density at radius 2 is 1.94 bits per heavy atom. The molecular formula is C12H15NO4. The molecule has 3 unspecified atom stereocenters. The van der Waals surface area contributed by atoms with Gasteiger partial charge in [0.25, 0.3) is 0 Å². The first-order valence-electron chi connectivity index (χ1n) is 5.33. The summed E-state index contributed by atoms with van der Waals surface area (Å²) in [6.07, 6.45) is 1.94. The Balaban J connectivity index is 2.22. The zero-order valence-corrected chi connectivity index (χ0v) is 9.70. The van der Waals surface area contributed by atoms with Crippen LogP contribution < -0.4 is 9.38 Å². The molecule has 2 rings (SSSR count). The molecule has 92 valence electrons. The van der Waals surface area contributed by atoms with Gasteiger partial charge in [-0.25, -0.2) is 0 Å². The van der Waals surface area contributed by atoms with E-state index < -0.39 is 16.7 Å². The second-order valence-corrected chi connectivity index (χ2v) is 4.28. The molecule has 1 aromatic carbocycles. The Bertz CT molecular complexity index is 438. The quantitative estimate of drug-likeness (QED) is 0.474. The minimum absolute atomic E-state index is 0.412. The molecule has 0 aromatic heterocycles. The fourth-order valence-electron chi connectivity index (χ4n) is 1.72. The van der Waals surface area contributed by atoms with Gasteiger partial charge in [0.1, 0.15) is 17.6 Å². The van der Waals surface area contributed by atoms with E-state index in [9.17, 15) is 10.3 Å². The molecule has 3 atom stereocenters. The number of rotatable bonds is 3. The summed E-state index contributed by atoms with van der Waals surface area (Å²) in [5.41, 5.74) is -1.01. The van der Waals surface area contributed by atoms with Crippen LogP contribution in [0.4, 0.5) is 5.69 Å². The van der Waals surface area contributed by atoms with Gasteiger partial charge < -0.3 is 20.2 Å². The van der Waals surface area contributed by atoms with Crippen molar-refractivity contribution in [3.05, 3.63) is 41.7 Å². The number of aliphatic hydroxyl groups is 2. The normalized spacial score (nSPS) is 33.0. The summed E-state index contributed by atoms with van der Waals surface area (Å²) in [5, 5.41) is 31.1. The largest absolute Gasteiger partial charge is 0.620 e. The smallest absolute Gasteiger partial charge is 0.231 e. The van der Waals surface area contributed by atoms with Crippen LogP contribution in [-0.2, 0) is 0 Å². The predicted molar refractivity (Wildman–Crippen MR) is 63.7 cm³/mol. The van der Waals surface area contributed by atoms with Crippen molar-refractivity contribution < 1.29 is 14.9 Å². The Kier molecular flexibility index (Phi) is 2.71. The maximum Gasteiger partial charge on any atom is 0.231 e. The SMILES string of the molecule is CC(O)Oc1ccc([N+]2([O-])C=CC2(C)O)cc1. The van der Waals surface area contributed by atoms with Crippen LogP contribution in [0.2, 0.25) is 0 Å². The molecule has 0 saturated carbocycles. The van der Waals surface area contributed by atoms with Crippen LogP contribution in [0.3, 0.4) is 0 Å². The Hall–Kier alpha value is -1.40. The zero-order chi connectivity index (χ0) is 12.7. The van der Waals surface area contributed by atoms with Crippen molar-refractivity contribution in [1.82, 2.24) is 4.65 Å². The monoisotopic (exact) mass is 237 g/mol. The number of quaternary nitrogens is 1. The van der Waals surface area contributed by atoms with Gasteiger partial charge >= 0.3 is 0 Å². The highest BCUT2D eigenvalue weighted by atomic mass is 16.6. The van der Waals surface area contributed by atoms with E-state index in [0.717, 1.165) is 0 Å². The summed E-state index contributed by atoms with van der Waals surface area (Å²) in [5.74, 6) is 0.472. The van der Waals surface area contributed by atoms with Gasteiger partial charge in [-0.15, -0.1) is 0 Å². The maximum absolute atomic E-state index is 12.3. The summed E-state index contributed by atoms with van der Waals surface area (Å²) >= 11 is 0. The van der Waals surface area contributed by atoms with Gasteiger partial charge in [-0.2, -0.15) is 0 Å². The molecule has 1 heterocycles. The van der Waals surface area contributed by atoms with Gasteiger partial charge in [-0.3, -0.25) is 4.65 Å². The molecule has 0 radical (unpaired) electrons. The van der Waals surface area contributed by atoms with Crippen LogP contribution in [0.15, 0.2) is 36.5 Å². The van der Waals surface area contributed by atoms with E-state index in [1.807, 2.05) is 0 Å². The average Bonchev–Trinajstić information content (AvgIpc) is 2.27. The molecule has 1 aliphatic rings. The van der Waals surface area contributed by atoms with Crippen molar-refractivity contribution in [3.8, 4) is 5.75 Å². The number of hydrogen-bond donors (Lipinski definition) is 2. The molecule has 0 amide bonds. The van der Waals surface area contributed by atoms with Crippen molar-refractivity contribution in [2.24, 2.45) is 0 Å². The van der Waals surface area contributed by atoms with Crippen molar-refractivity contribution >= 4 is 5.69 Å². The molecule has 1 aliphatic heterocycles. The summed E-state index contributed by atoms with van der Waals surface area (Å²) < 4.78 is 4.15. The summed E-state index contributed by atoms with van der Waals surface area (Å²) in [6, 6.07) is 6.32. The number of ether oxygens (including phenoxy) is 1. The fraction of sp³-hybridized carbons (Fsp3) is 0.333. The van der Waals surface area contributed by atoms with Crippen LogP contribution in [0.25, 0.3) is 0 Å². The minimum atomic E-state index is -1.42. The molecule has 0 saturated heterocycles. The second-order valence-electron chi connectivity index (χ2n) is 4.28. The number of aliphatic hydroxyl groups excluding tert-OH is 1. The lowest BCUT2D eigenvalue weighted by molar-refractivity contribution is -0.0174. The van der Waals surface area contributed by atoms with Crippen molar-refractivity contribution in [1.29, 1.82) is 0 Å². The van der Waals surface area contributed by atoms with Crippen LogP contribution in [0.5, 0.6) is 5.75 Å². The first-order chi connectivity index (χ1) is 7.85. The van der Waals surface area contributed by atoms with E-state index in [2.05, 4.69) is 0 Å². The molecule has 0 bridgehead atoms. The molecule has 17 heavy (non-hydrogen) atoms. The van der Waals surface area contributed by atoms with Gasteiger partial charge in [0.2, 0.25) is 5.72 Å². The lowest BCUT2D eigenvalue weighted by Crippen LogP contribution is -2.61. The van der Waals surface area contributed by atoms with Gasteiger partial charge in [0, 0.05) is 19.1 Å². The highest BCUT2D eigenvalue weighted by Crippen LogP contribution is 2.39. The topological polar surface area (TPSA) is 72.8 Å². The van der Waals surface area contributed by atoms with E-state index >= 15 is 0 Å². The van der Waals surface area contributed by atoms with Crippen LogP contribution in [-0.4, -0.2) is 22.2 Å². The molecule has 0 aliphatic carbocycles. The Morgan fingerprint density at radius 1 is 1.35 bits per heavy atom. The minimum Gasteiger partial charge on any atom is -0.620 e. The third-order valence-corrected chi connectivity index (χ3v) is 2.80. The van der Waals surface area contributed by atoms with Gasteiger partial charge in [-0.05, 0) is 19.1 Å². The average molecular weight is 237 g/mol. The number of nitrogens with zero attached hydrogens (tertiary/aromatic N) is 1. The van der Waals surface area contributed by atoms with E-state index in [1.165, 1.54) is 26.1 Å². The second kappa shape index (κ2) is 3.82. The summed E-state index contributed by atoms with van der Waals surface area (Å²) in [4.78, 5) is 0. The fourth-order valence-corrected chi connectivity index (χ4v) is 1.72. The zero-order valence-electron chi connectivity index (χ0n) is 9.70. The molecule has 1 aromatic rings. The molecule has 5 heteroatoms. The molecular weight excluding hydrogens is 222 g/mol. The number of hydrogen-bond acceptors (Lipinski definition) is 4. The standard InChI is InChI=1S/C12H15NO4/c1-9(14)17-11-5-3-10(4-6-11)13(16)8-7-12(13,2)15/h3-9,14-15H,1-2H3. The van der Waals surface area contributed by atoms with Crippen LogP contribution in [0.1, 0.15) is 13.8 Å². The highest BCUT2D eigenvalue weighted by molar-refractivity contribution is 5.54. The Labute approximate surface area is 99.3 Å². The number of hydroxylamine groups is 2. The first-order valence-corrected chi connectivity index (χ1v) is 5.33. The first kappa shape index (κ1) is 12.1. The van der Waals surface area contributed by atoms with Crippen LogP contribution >= 0.6 is 0 Å². The van der Waals surface area contributed by atoms with E-state index in [0.29, 0.717) is 11.4 Å². The van der Waals surface area contributed by atoms with Crippen molar-refractivity contribution in [3.63, 3.8) is 0 Å². The number of benzene rings is 1. The highest BCUT2D eigenvalue weighted by Gasteiger charge is 2.45. The molecule has 0 fully saturated rings. The third-order valence-electron chi connectivity index (χ3n) is 2.80. The van der Waals surface area contributed by atoms with Gasteiger partial charge in [0.15, 0.2) is 6.29 Å².